The van der Waals surface area contributed by atoms with Gasteiger partial charge in [0.1, 0.15) is 18.6 Å². The number of hydrogen-bond donors (Lipinski definition) is 1. The highest BCUT2D eigenvalue weighted by Crippen LogP contribution is 2.28. The van der Waals surface area contributed by atoms with Crippen LogP contribution in [0.3, 0.4) is 0 Å². The molecule has 0 aliphatic carbocycles. The summed E-state index contributed by atoms with van der Waals surface area (Å²) in [5.41, 5.74) is 7.76. The first-order valence-electron chi connectivity index (χ1n) is 5.23. The minimum atomic E-state index is -0.0787. The Morgan fingerprint density at radius 1 is 1.53 bits per heavy atom. The molecule has 2 rings (SSSR count). The van der Waals surface area contributed by atoms with E-state index < -0.39 is 0 Å². The molecule has 0 saturated carbocycles. The van der Waals surface area contributed by atoms with Crippen molar-refractivity contribution in [1.29, 1.82) is 0 Å². The van der Waals surface area contributed by atoms with Crippen molar-refractivity contribution in [2.75, 3.05) is 0 Å². The Morgan fingerprint density at radius 2 is 2.35 bits per heavy atom. The van der Waals surface area contributed by atoms with Gasteiger partial charge >= 0.3 is 0 Å². The first-order chi connectivity index (χ1) is 8.16. The summed E-state index contributed by atoms with van der Waals surface area (Å²) in [4.78, 5) is 0. The number of nitrogens with two attached hydrogens (primary N) is 1. The van der Waals surface area contributed by atoms with E-state index in [1.165, 1.54) is 0 Å². The van der Waals surface area contributed by atoms with Crippen molar-refractivity contribution >= 4 is 15.9 Å². The van der Waals surface area contributed by atoms with Crippen LogP contribution in [0, 0.1) is 0 Å². The summed E-state index contributed by atoms with van der Waals surface area (Å²) in [6.45, 7) is 2.35. The first kappa shape index (κ1) is 12.1. The lowest BCUT2D eigenvalue weighted by Crippen LogP contribution is -2.08. The fraction of sp³-hybridized carbons (Fsp3) is 0.250. The molecule has 1 atom stereocenters. The lowest BCUT2D eigenvalue weighted by molar-refractivity contribution is 0.299. The van der Waals surface area contributed by atoms with E-state index in [1.54, 1.807) is 12.5 Å². The molecule has 2 N–H and O–H groups in total. The van der Waals surface area contributed by atoms with Crippen molar-refractivity contribution in [3.63, 3.8) is 0 Å². The molecule has 0 aliphatic rings. The van der Waals surface area contributed by atoms with Gasteiger partial charge in [-0.2, -0.15) is 0 Å². The lowest BCUT2D eigenvalue weighted by atomic mass is 10.1. The third-order valence-electron chi connectivity index (χ3n) is 2.34. The molecule has 1 aromatic carbocycles. The number of benzene rings is 1. The smallest absolute Gasteiger partial charge is 0.130 e. The number of ether oxygens (including phenoxy) is 1. The van der Waals surface area contributed by atoms with Gasteiger partial charge in [0.05, 0.1) is 6.20 Å². The van der Waals surface area contributed by atoms with Crippen molar-refractivity contribution in [3.05, 3.63) is 46.3 Å². The third-order valence-corrected chi connectivity index (χ3v) is 2.83. The largest absolute Gasteiger partial charge is 0.488 e. The summed E-state index contributed by atoms with van der Waals surface area (Å²) in [5.74, 6) is 0.782. The SMILES string of the molecule is C[C@H](N)c1cc(Br)ccc1OCc1cnoc1. The third kappa shape index (κ3) is 3.08. The zero-order valence-electron chi connectivity index (χ0n) is 9.39. The first-order valence-corrected chi connectivity index (χ1v) is 6.02. The van der Waals surface area contributed by atoms with Crippen LogP contribution < -0.4 is 10.5 Å². The van der Waals surface area contributed by atoms with E-state index in [0.717, 1.165) is 21.3 Å². The summed E-state index contributed by atoms with van der Waals surface area (Å²) >= 11 is 3.42. The van der Waals surface area contributed by atoms with Crippen molar-refractivity contribution < 1.29 is 9.26 Å². The van der Waals surface area contributed by atoms with Crippen LogP contribution in [0.15, 0.2) is 39.7 Å². The molecule has 90 valence electrons. The average molecular weight is 297 g/mol. The second kappa shape index (κ2) is 5.33. The summed E-state index contributed by atoms with van der Waals surface area (Å²) in [7, 11) is 0. The summed E-state index contributed by atoms with van der Waals surface area (Å²) in [5, 5.41) is 3.62. The van der Waals surface area contributed by atoms with E-state index in [2.05, 4.69) is 21.1 Å². The molecule has 0 spiro atoms. The fourth-order valence-electron chi connectivity index (χ4n) is 1.47. The standard InChI is InChI=1S/C12H13BrN2O2/c1-8(14)11-4-10(13)2-3-12(11)16-6-9-5-15-17-7-9/h2-5,7-8H,6,14H2,1H3/t8-/m0/s1. The predicted molar refractivity (Wildman–Crippen MR) is 67.6 cm³/mol. The van der Waals surface area contributed by atoms with E-state index in [-0.39, 0.29) is 6.04 Å². The molecule has 0 fully saturated rings. The summed E-state index contributed by atoms with van der Waals surface area (Å²) in [6, 6.07) is 5.71. The van der Waals surface area contributed by atoms with E-state index in [1.807, 2.05) is 25.1 Å². The molecular weight excluding hydrogens is 284 g/mol. The molecule has 2 aromatic rings. The van der Waals surface area contributed by atoms with E-state index >= 15 is 0 Å². The van der Waals surface area contributed by atoms with Crippen molar-refractivity contribution in [2.45, 2.75) is 19.6 Å². The summed E-state index contributed by atoms with van der Waals surface area (Å²) in [6.07, 6.45) is 3.19. The maximum absolute atomic E-state index is 5.90. The highest BCUT2D eigenvalue weighted by Gasteiger charge is 2.09. The normalized spacial score (nSPS) is 12.4. The Hall–Kier alpha value is -1.33. The molecule has 1 heterocycles. The molecule has 0 radical (unpaired) electrons. The van der Waals surface area contributed by atoms with Gasteiger partial charge in [0.2, 0.25) is 0 Å². The number of hydrogen-bond acceptors (Lipinski definition) is 4. The molecule has 5 heteroatoms. The van der Waals surface area contributed by atoms with Crippen molar-refractivity contribution in [1.82, 2.24) is 5.16 Å². The number of halogens is 1. The average Bonchev–Trinajstić information content (AvgIpc) is 2.80. The van der Waals surface area contributed by atoms with Crippen molar-refractivity contribution in [3.8, 4) is 5.75 Å². The highest BCUT2D eigenvalue weighted by atomic mass is 79.9. The highest BCUT2D eigenvalue weighted by molar-refractivity contribution is 9.10. The maximum Gasteiger partial charge on any atom is 0.130 e. The molecule has 0 unspecified atom stereocenters. The minimum Gasteiger partial charge on any atom is -0.488 e. The van der Waals surface area contributed by atoms with Crippen LogP contribution in [0.4, 0.5) is 0 Å². The van der Waals surface area contributed by atoms with Gasteiger partial charge < -0.3 is 15.0 Å². The Labute approximate surface area is 108 Å². The lowest BCUT2D eigenvalue weighted by Gasteiger charge is -2.13. The van der Waals surface area contributed by atoms with Gasteiger partial charge in [0, 0.05) is 21.6 Å². The Kier molecular flexibility index (Phi) is 3.81. The van der Waals surface area contributed by atoms with Crippen LogP contribution >= 0.6 is 15.9 Å². The molecule has 0 aliphatic heterocycles. The van der Waals surface area contributed by atoms with Gasteiger partial charge in [0.15, 0.2) is 0 Å². The Morgan fingerprint density at radius 3 is 3.00 bits per heavy atom. The molecule has 0 saturated heterocycles. The predicted octanol–water partition coefficient (Wildman–Crippen LogP) is 3.04. The zero-order chi connectivity index (χ0) is 12.3. The second-order valence-electron chi connectivity index (χ2n) is 3.79. The van der Waals surface area contributed by atoms with Gasteiger partial charge in [-0.05, 0) is 25.1 Å². The second-order valence-corrected chi connectivity index (χ2v) is 4.71. The number of rotatable bonds is 4. The van der Waals surface area contributed by atoms with Crippen LogP contribution in [0.25, 0.3) is 0 Å². The summed E-state index contributed by atoms with van der Waals surface area (Å²) < 4.78 is 11.4. The topological polar surface area (TPSA) is 61.3 Å². The molecule has 0 bridgehead atoms. The molecular formula is C12H13BrN2O2. The van der Waals surface area contributed by atoms with E-state index in [0.29, 0.717) is 6.61 Å². The van der Waals surface area contributed by atoms with Crippen molar-refractivity contribution in [2.24, 2.45) is 5.73 Å². The Bertz CT molecular complexity index is 483. The fourth-order valence-corrected chi connectivity index (χ4v) is 1.84. The van der Waals surface area contributed by atoms with Crippen LogP contribution in [-0.2, 0) is 6.61 Å². The quantitative estimate of drug-likeness (QED) is 0.942. The monoisotopic (exact) mass is 296 g/mol. The van der Waals surface area contributed by atoms with Crippen LogP contribution in [0.1, 0.15) is 24.1 Å². The zero-order valence-corrected chi connectivity index (χ0v) is 11.0. The number of aromatic nitrogens is 1. The Balaban J connectivity index is 2.14. The minimum absolute atomic E-state index is 0.0787. The van der Waals surface area contributed by atoms with Crippen LogP contribution in [-0.4, -0.2) is 5.16 Å². The van der Waals surface area contributed by atoms with Crippen LogP contribution in [0.2, 0.25) is 0 Å². The molecule has 0 amide bonds. The van der Waals surface area contributed by atoms with Gasteiger partial charge in [0.25, 0.3) is 0 Å². The van der Waals surface area contributed by atoms with Gasteiger partial charge in [-0.25, -0.2) is 0 Å². The maximum atomic E-state index is 5.90. The van der Waals surface area contributed by atoms with Gasteiger partial charge in [-0.1, -0.05) is 21.1 Å². The van der Waals surface area contributed by atoms with Gasteiger partial charge in [-0.15, -0.1) is 0 Å². The van der Waals surface area contributed by atoms with Gasteiger partial charge in [-0.3, -0.25) is 0 Å². The van der Waals surface area contributed by atoms with E-state index in [9.17, 15) is 0 Å². The molecule has 1 aromatic heterocycles. The van der Waals surface area contributed by atoms with Crippen LogP contribution in [0.5, 0.6) is 5.75 Å². The molecule has 4 nitrogen and oxygen atoms in total. The van der Waals surface area contributed by atoms with E-state index in [4.69, 9.17) is 15.0 Å². The molecule has 17 heavy (non-hydrogen) atoms. The number of nitrogens with zero attached hydrogens (tertiary/aromatic N) is 1.